The van der Waals surface area contributed by atoms with E-state index in [-0.39, 0.29) is 5.91 Å². The van der Waals surface area contributed by atoms with Crippen molar-refractivity contribution < 1.29 is 14.3 Å². The Morgan fingerprint density at radius 2 is 1.59 bits per heavy atom. The summed E-state index contributed by atoms with van der Waals surface area (Å²) < 4.78 is 10.7. The molecule has 0 fully saturated rings. The van der Waals surface area contributed by atoms with Gasteiger partial charge in [-0.3, -0.25) is 4.79 Å². The second-order valence-electron chi connectivity index (χ2n) is 4.03. The van der Waals surface area contributed by atoms with Gasteiger partial charge < -0.3 is 14.8 Å². The molecule has 0 radical (unpaired) electrons. The number of amides is 1. The first kappa shape index (κ1) is 16.4. The molecule has 0 spiro atoms. The second-order valence-corrected chi connectivity index (χ2v) is 4.03. The van der Waals surface area contributed by atoms with Crippen LogP contribution in [0.3, 0.4) is 0 Å². The average molecular weight is 245 g/mol. The predicted octanol–water partition coefficient (Wildman–Crippen LogP) is 2.13. The van der Waals surface area contributed by atoms with E-state index in [1.54, 1.807) is 0 Å². The van der Waals surface area contributed by atoms with Crippen LogP contribution in [0.2, 0.25) is 0 Å². The lowest BCUT2D eigenvalue weighted by Crippen LogP contribution is -2.27. The SMILES string of the molecule is CCCCOCCOCCNC(=O)CCCC. The van der Waals surface area contributed by atoms with Gasteiger partial charge in [0.1, 0.15) is 0 Å². The number of rotatable bonds is 12. The van der Waals surface area contributed by atoms with Crippen LogP contribution in [0.1, 0.15) is 46.0 Å². The van der Waals surface area contributed by atoms with Gasteiger partial charge >= 0.3 is 0 Å². The van der Waals surface area contributed by atoms with E-state index in [1.165, 1.54) is 0 Å². The molecule has 0 saturated carbocycles. The van der Waals surface area contributed by atoms with Crippen molar-refractivity contribution in [3.63, 3.8) is 0 Å². The highest BCUT2D eigenvalue weighted by Gasteiger charge is 1.98. The van der Waals surface area contributed by atoms with Gasteiger partial charge in [-0.15, -0.1) is 0 Å². The monoisotopic (exact) mass is 245 g/mol. The number of hydrogen-bond acceptors (Lipinski definition) is 3. The van der Waals surface area contributed by atoms with E-state index < -0.39 is 0 Å². The summed E-state index contributed by atoms with van der Waals surface area (Å²) in [6.07, 6.45) is 4.89. The normalized spacial score (nSPS) is 10.5. The zero-order valence-corrected chi connectivity index (χ0v) is 11.3. The topological polar surface area (TPSA) is 47.6 Å². The predicted molar refractivity (Wildman–Crippen MR) is 69.1 cm³/mol. The molecule has 0 unspecified atom stereocenters. The summed E-state index contributed by atoms with van der Waals surface area (Å²) in [6.45, 7) is 7.44. The van der Waals surface area contributed by atoms with Crippen LogP contribution in [0.15, 0.2) is 0 Å². The minimum atomic E-state index is 0.120. The fourth-order valence-electron chi connectivity index (χ4n) is 1.26. The molecule has 0 bridgehead atoms. The van der Waals surface area contributed by atoms with Gasteiger partial charge in [0, 0.05) is 19.6 Å². The largest absolute Gasteiger partial charge is 0.379 e. The van der Waals surface area contributed by atoms with E-state index in [2.05, 4.69) is 19.2 Å². The van der Waals surface area contributed by atoms with E-state index in [9.17, 15) is 4.79 Å². The van der Waals surface area contributed by atoms with Gasteiger partial charge in [0.25, 0.3) is 0 Å². The quantitative estimate of drug-likeness (QED) is 0.536. The summed E-state index contributed by atoms with van der Waals surface area (Å²) in [5.74, 6) is 0.120. The molecule has 4 nitrogen and oxygen atoms in total. The Bertz CT molecular complexity index is 174. The molecule has 0 aliphatic heterocycles. The maximum absolute atomic E-state index is 11.2. The van der Waals surface area contributed by atoms with Crippen LogP contribution >= 0.6 is 0 Å². The van der Waals surface area contributed by atoms with Gasteiger partial charge in [-0.2, -0.15) is 0 Å². The number of nitrogens with one attached hydrogen (secondary N) is 1. The maximum Gasteiger partial charge on any atom is 0.220 e. The Labute approximate surface area is 105 Å². The van der Waals surface area contributed by atoms with E-state index in [4.69, 9.17) is 9.47 Å². The summed E-state index contributed by atoms with van der Waals surface area (Å²) in [6, 6.07) is 0. The molecule has 102 valence electrons. The molecule has 0 aliphatic carbocycles. The zero-order valence-electron chi connectivity index (χ0n) is 11.3. The molecule has 4 heteroatoms. The molecule has 0 atom stereocenters. The standard InChI is InChI=1S/C13H27NO3/c1-3-5-7-13(15)14-8-10-17-12-11-16-9-6-4-2/h3-12H2,1-2H3,(H,14,15). The molecule has 0 aliphatic rings. The first-order chi connectivity index (χ1) is 8.31. The minimum Gasteiger partial charge on any atom is -0.379 e. The Morgan fingerprint density at radius 1 is 0.941 bits per heavy atom. The molecule has 0 aromatic carbocycles. The van der Waals surface area contributed by atoms with E-state index >= 15 is 0 Å². The van der Waals surface area contributed by atoms with Gasteiger partial charge in [0.2, 0.25) is 5.91 Å². The van der Waals surface area contributed by atoms with E-state index in [1.807, 2.05) is 0 Å². The second kappa shape index (κ2) is 13.5. The Balaban J connectivity index is 3.05. The maximum atomic E-state index is 11.2. The van der Waals surface area contributed by atoms with Crippen LogP contribution in [0, 0.1) is 0 Å². The van der Waals surface area contributed by atoms with Gasteiger partial charge in [-0.05, 0) is 12.8 Å². The lowest BCUT2D eigenvalue weighted by Gasteiger charge is -2.06. The van der Waals surface area contributed by atoms with Crippen LogP contribution in [0.4, 0.5) is 0 Å². The lowest BCUT2D eigenvalue weighted by atomic mass is 10.2. The summed E-state index contributed by atoms with van der Waals surface area (Å²) in [5.41, 5.74) is 0. The Morgan fingerprint density at radius 3 is 2.24 bits per heavy atom. The summed E-state index contributed by atoms with van der Waals surface area (Å²) in [4.78, 5) is 11.2. The van der Waals surface area contributed by atoms with Crippen LogP contribution in [0.25, 0.3) is 0 Å². The zero-order chi connectivity index (χ0) is 12.8. The van der Waals surface area contributed by atoms with Crippen molar-refractivity contribution in [3.8, 4) is 0 Å². The number of carbonyl (C=O) groups excluding carboxylic acids is 1. The molecular weight excluding hydrogens is 218 g/mol. The summed E-state index contributed by atoms with van der Waals surface area (Å²) in [5, 5.41) is 2.82. The molecule has 1 N–H and O–H groups in total. The number of hydrogen-bond donors (Lipinski definition) is 1. The van der Waals surface area contributed by atoms with Crippen LogP contribution in [-0.2, 0) is 14.3 Å². The van der Waals surface area contributed by atoms with Crippen molar-refractivity contribution in [2.45, 2.75) is 46.0 Å². The molecule has 0 saturated heterocycles. The van der Waals surface area contributed by atoms with Crippen molar-refractivity contribution >= 4 is 5.91 Å². The fraction of sp³-hybridized carbons (Fsp3) is 0.923. The average Bonchev–Trinajstić information content (AvgIpc) is 2.34. The van der Waals surface area contributed by atoms with Crippen LogP contribution in [0.5, 0.6) is 0 Å². The molecular formula is C13H27NO3. The van der Waals surface area contributed by atoms with Gasteiger partial charge in [-0.1, -0.05) is 26.7 Å². The number of carbonyl (C=O) groups is 1. The highest BCUT2D eigenvalue weighted by Crippen LogP contribution is 1.92. The summed E-state index contributed by atoms with van der Waals surface area (Å²) >= 11 is 0. The van der Waals surface area contributed by atoms with Crippen molar-refractivity contribution in [1.82, 2.24) is 5.32 Å². The molecule has 17 heavy (non-hydrogen) atoms. The number of unbranched alkanes of at least 4 members (excludes halogenated alkanes) is 2. The Hall–Kier alpha value is -0.610. The van der Waals surface area contributed by atoms with E-state index in [0.29, 0.717) is 32.8 Å². The van der Waals surface area contributed by atoms with Gasteiger partial charge in [0.05, 0.1) is 19.8 Å². The first-order valence-electron chi connectivity index (χ1n) is 6.73. The van der Waals surface area contributed by atoms with Crippen molar-refractivity contribution in [3.05, 3.63) is 0 Å². The highest BCUT2D eigenvalue weighted by atomic mass is 16.5. The molecule has 0 aromatic rings. The molecule has 1 amide bonds. The van der Waals surface area contributed by atoms with Gasteiger partial charge in [-0.25, -0.2) is 0 Å². The van der Waals surface area contributed by atoms with Crippen LogP contribution in [-0.4, -0.2) is 38.9 Å². The first-order valence-corrected chi connectivity index (χ1v) is 6.73. The van der Waals surface area contributed by atoms with E-state index in [0.717, 1.165) is 32.3 Å². The Kier molecular flexibility index (Phi) is 13.0. The third-order valence-corrected chi connectivity index (χ3v) is 2.34. The molecule has 0 rings (SSSR count). The highest BCUT2D eigenvalue weighted by molar-refractivity contribution is 5.75. The third kappa shape index (κ3) is 13.3. The van der Waals surface area contributed by atoms with Gasteiger partial charge in [0.15, 0.2) is 0 Å². The van der Waals surface area contributed by atoms with Crippen molar-refractivity contribution in [2.24, 2.45) is 0 Å². The van der Waals surface area contributed by atoms with Crippen molar-refractivity contribution in [1.29, 1.82) is 0 Å². The minimum absolute atomic E-state index is 0.120. The smallest absolute Gasteiger partial charge is 0.220 e. The molecule has 0 heterocycles. The van der Waals surface area contributed by atoms with Crippen molar-refractivity contribution in [2.75, 3.05) is 33.0 Å². The molecule has 0 aromatic heterocycles. The third-order valence-electron chi connectivity index (χ3n) is 2.34. The van der Waals surface area contributed by atoms with Crippen LogP contribution < -0.4 is 5.32 Å². The fourth-order valence-corrected chi connectivity index (χ4v) is 1.26. The number of ether oxygens (including phenoxy) is 2. The summed E-state index contributed by atoms with van der Waals surface area (Å²) in [7, 11) is 0. The lowest BCUT2D eigenvalue weighted by molar-refractivity contribution is -0.121.